The van der Waals surface area contributed by atoms with E-state index in [1.54, 1.807) is 12.1 Å². The highest BCUT2D eigenvalue weighted by atomic mass is 16.1. The van der Waals surface area contributed by atoms with Gasteiger partial charge in [0.15, 0.2) is 0 Å². The molecule has 0 aliphatic rings. The molecular weight excluding hydrogens is 176 g/mol. The number of nitrogens with one attached hydrogen (secondary N) is 1. The number of amides is 1. The third-order valence-electron chi connectivity index (χ3n) is 1.80. The van der Waals surface area contributed by atoms with Gasteiger partial charge in [0.1, 0.15) is 0 Å². The van der Waals surface area contributed by atoms with Gasteiger partial charge in [0.2, 0.25) is 0 Å². The van der Waals surface area contributed by atoms with Crippen LogP contribution in [0.5, 0.6) is 0 Å². The van der Waals surface area contributed by atoms with E-state index >= 15 is 0 Å². The average molecular weight is 192 g/mol. The Kier molecular flexibility index (Phi) is 3.71. The summed E-state index contributed by atoms with van der Waals surface area (Å²) in [7, 11) is 0. The van der Waals surface area contributed by atoms with Crippen LogP contribution in [-0.2, 0) is 6.54 Å². The number of carbonyl (C=O) groups excluding carboxylic acids is 1. The second-order valence-electron chi connectivity index (χ2n) is 2.79. The Labute approximate surface area is 86.3 Å². The first kappa shape index (κ1) is 10.3. The standard InChI is InChI=1S/C11H12N2O.2H2/c1-2-7-13-11(14)10-5-3-9(8-12)4-6-10;;/h1,3-6H,7-8,12H2,(H,13,14);2*1H. The van der Waals surface area contributed by atoms with E-state index < -0.39 is 0 Å². The average Bonchev–Trinajstić information content (AvgIpc) is 2.26. The molecule has 1 rings (SSSR count). The Morgan fingerprint density at radius 3 is 2.64 bits per heavy atom. The van der Waals surface area contributed by atoms with E-state index in [0.29, 0.717) is 12.1 Å². The first-order chi connectivity index (χ1) is 6.77. The van der Waals surface area contributed by atoms with Gasteiger partial charge < -0.3 is 11.1 Å². The summed E-state index contributed by atoms with van der Waals surface area (Å²) < 4.78 is 0. The Balaban J connectivity index is 0. The molecule has 0 unspecified atom stereocenters. The summed E-state index contributed by atoms with van der Waals surface area (Å²) in [4.78, 5) is 11.4. The number of hydrogen-bond acceptors (Lipinski definition) is 2. The van der Waals surface area contributed by atoms with E-state index in [1.807, 2.05) is 12.1 Å². The van der Waals surface area contributed by atoms with Crippen molar-refractivity contribution < 1.29 is 7.65 Å². The zero-order valence-electron chi connectivity index (χ0n) is 7.79. The Hall–Kier alpha value is -1.79. The first-order valence-corrected chi connectivity index (χ1v) is 4.28. The minimum absolute atomic E-state index is 0. The maximum atomic E-state index is 11.4. The molecule has 1 aromatic rings. The molecule has 0 aliphatic carbocycles. The molecule has 0 spiro atoms. The molecule has 1 aromatic carbocycles. The van der Waals surface area contributed by atoms with E-state index in [2.05, 4.69) is 11.2 Å². The van der Waals surface area contributed by atoms with Crippen LogP contribution >= 0.6 is 0 Å². The molecule has 0 fully saturated rings. The molecule has 0 saturated heterocycles. The van der Waals surface area contributed by atoms with Crippen molar-refractivity contribution in [3.8, 4) is 12.3 Å². The van der Waals surface area contributed by atoms with Crippen molar-refractivity contribution in [1.82, 2.24) is 5.32 Å². The van der Waals surface area contributed by atoms with Crippen molar-refractivity contribution in [3.63, 3.8) is 0 Å². The van der Waals surface area contributed by atoms with Gasteiger partial charge in [-0.05, 0) is 17.7 Å². The zero-order valence-corrected chi connectivity index (χ0v) is 7.79. The molecule has 76 valence electrons. The lowest BCUT2D eigenvalue weighted by Gasteiger charge is -2.02. The van der Waals surface area contributed by atoms with Crippen LogP contribution in [0.3, 0.4) is 0 Å². The van der Waals surface area contributed by atoms with Crippen LogP contribution < -0.4 is 11.1 Å². The number of carbonyl (C=O) groups is 1. The molecule has 3 N–H and O–H groups in total. The predicted molar refractivity (Wildman–Crippen MR) is 59.7 cm³/mol. The monoisotopic (exact) mass is 192 g/mol. The van der Waals surface area contributed by atoms with Gasteiger partial charge in [0, 0.05) is 15.0 Å². The lowest BCUT2D eigenvalue weighted by atomic mass is 10.1. The van der Waals surface area contributed by atoms with Gasteiger partial charge in [-0.1, -0.05) is 18.1 Å². The van der Waals surface area contributed by atoms with Crippen LogP contribution in [0.1, 0.15) is 18.8 Å². The van der Waals surface area contributed by atoms with E-state index in [4.69, 9.17) is 12.2 Å². The van der Waals surface area contributed by atoms with Crippen molar-refractivity contribution in [3.05, 3.63) is 35.4 Å². The van der Waals surface area contributed by atoms with Gasteiger partial charge in [0.05, 0.1) is 6.54 Å². The highest BCUT2D eigenvalue weighted by molar-refractivity contribution is 5.94. The molecule has 3 nitrogen and oxygen atoms in total. The van der Waals surface area contributed by atoms with Gasteiger partial charge >= 0.3 is 0 Å². The Morgan fingerprint density at radius 2 is 2.14 bits per heavy atom. The summed E-state index contributed by atoms with van der Waals surface area (Å²) in [5, 5.41) is 2.58. The Morgan fingerprint density at radius 1 is 1.50 bits per heavy atom. The molecule has 1 amide bonds. The van der Waals surface area contributed by atoms with E-state index in [9.17, 15) is 4.79 Å². The van der Waals surface area contributed by atoms with Crippen LogP contribution in [0.25, 0.3) is 0 Å². The Bertz CT molecular complexity index is 357. The van der Waals surface area contributed by atoms with Crippen LogP contribution in [-0.4, -0.2) is 12.5 Å². The first-order valence-electron chi connectivity index (χ1n) is 4.28. The summed E-state index contributed by atoms with van der Waals surface area (Å²) in [6.45, 7) is 0.726. The molecule has 14 heavy (non-hydrogen) atoms. The normalized spacial score (nSPS) is 9.14. The summed E-state index contributed by atoms with van der Waals surface area (Å²) >= 11 is 0. The minimum atomic E-state index is -0.161. The van der Waals surface area contributed by atoms with Crippen molar-refractivity contribution in [2.75, 3.05) is 6.54 Å². The molecule has 3 heteroatoms. The van der Waals surface area contributed by atoms with Crippen molar-refractivity contribution in [1.29, 1.82) is 0 Å². The van der Waals surface area contributed by atoms with Gasteiger partial charge in [-0.15, -0.1) is 6.42 Å². The number of benzene rings is 1. The van der Waals surface area contributed by atoms with E-state index in [-0.39, 0.29) is 15.3 Å². The van der Waals surface area contributed by atoms with Crippen LogP contribution in [0.15, 0.2) is 24.3 Å². The van der Waals surface area contributed by atoms with Gasteiger partial charge in [-0.3, -0.25) is 4.79 Å². The summed E-state index contributed by atoms with van der Waals surface area (Å²) in [6, 6.07) is 7.11. The topological polar surface area (TPSA) is 55.1 Å². The molecule has 0 radical (unpaired) electrons. The maximum absolute atomic E-state index is 11.4. The van der Waals surface area contributed by atoms with Crippen molar-refractivity contribution in [2.45, 2.75) is 6.54 Å². The SMILES string of the molecule is C#CCNC(=O)c1ccc(CN)cc1.[HH].[HH]. The van der Waals surface area contributed by atoms with Crippen molar-refractivity contribution >= 4 is 5.91 Å². The number of nitrogens with two attached hydrogens (primary N) is 1. The molecule has 0 aromatic heterocycles. The van der Waals surface area contributed by atoms with E-state index in [1.165, 1.54) is 0 Å². The molecular formula is C11H16N2O. The second-order valence-corrected chi connectivity index (χ2v) is 2.79. The summed E-state index contributed by atoms with van der Waals surface area (Å²) in [5.41, 5.74) is 7.02. The third-order valence-corrected chi connectivity index (χ3v) is 1.80. The van der Waals surface area contributed by atoms with Crippen LogP contribution in [0.2, 0.25) is 0 Å². The molecule has 0 bridgehead atoms. The fourth-order valence-electron chi connectivity index (χ4n) is 1.03. The molecule has 0 heterocycles. The molecule has 0 aliphatic heterocycles. The van der Waals surface area contributed by atoms with Gasteiger partial charge in [0.25, 0.3) is 5.91 Å². The second kappa shape index (κ2) is 5.05. The van der Waals surface area contributed by atoms with Gasteiger partial charge in [-0.25, -0.2) is 0 Å². The summed E-state index contributed by atoms with van der Waals surface area (Å²) in [6.07, 6.45) is 5.02. The van der Waals surface area contributed by atoms with Crippen molar-refractivity contribution in [2.24, 2.45) is 5.73 Å². The fraction of sp³-hybridized carbons (Fsp3) is 0.182. The number of rotatable bonds is 3. The maximum Gasteiger partial charge on any atom is 0.252 e. The predicted octanol–water partition coefficient (Wildman–Crippen LogP) is 1.00. The molecule has 0 atom stereocenters. The van der Waals surface area contributed by atoms with Gasteiger partial charge in [-0.2, -0.15) is 0 Å². The minimum Gasteiger partial charge on any atom is -0.341 e. The molecule has 0 saturated carbocycles. The number of terminal acetylenes is 1. The third kappa shape index (κ3) is 2.61. The van der Waals surface area contributed by atoms with E-state index in [0.717, 1.165) is 5.56 Å². The smallest absolute Gasteiger partial charge is 0.252 e. The number of hydrogen-bond donors (Lipinski definition) is 2. The van der Waals surface area contributed by atoms with Crippen LogP contribution in [0, 0.1) is 12.3 Å². The lowest BCUT2D eigenvalue weighted by molar-refractivity contribution is 0.0958. The van der Waals surface area contributed by atoms with Crippen LogP contribution in [0.4, 0.5) is 0 Å². The lowest BCUT2D eigenvalue weighted by Crippen LogP contribution is -2.23. The quantitative estimate of drug-likeness (QED) is 0.702. The largest absolute Gasteiger partial charge is 0.341 e. The fourth-order valence-corrected chi connectivity index (χ4v) is 1.03. The summed E-state index contributed by atoms with van der Waals surface area (Å²) in [5.74, 6) is 2.18. The highest BCUT2D eigenvalue weighted by Crippen LogP contribution is 2.03. The zero-order chi connectivity index (χ0) is 10.4. The highest BCUT2D eigenvalue weighted by Gasteiger charge is 2.02.